The summed E-state index contributed by atoms with van der Waals surface area (Å²) in [6.45, 7) is 7.52. The van der Waals surface area contributed by atoms with E-state index in [-0.39, 0.29) is 23.7 Å². The highest BCUT2D eigenvalue weighted by molar-refractivity contribution is 5.78. The van der Waals surface area contributed by atoms with Gasteiger partial charge in [0.05, 0.1) is 12.1 Å². The van der Waals surface area contributed by atoms with E-state index >= 15 is 0 Å². The molecule has 2 rings (SSSR count). The van der Waals surface area contributed by atoms with E-state index < -0.39 is 5.60 Å². The van der Waals surface area contributed by atoms with Gasteiger partial charge < -0.3 is 10.0 Å². The molecule has 0 radical (unpaired) electrons. The third-order valence-electron chi connectivity index (χ3n) is 4.67. The zero-order valence-electron chi connectivity index (χ0n) is 13.8. The number of aliphatic hydroxyl groups is 1. The molecule has 1 N–H and O–H groups in total. The number of hydrogen-bond donors (Lipinski definition) is 1. The first kappa shape index (κ1) is 16.9. The molecule has 1 aromatic rings. The van der Waals surface area contributed by atoms with E-state index in [9.17, 15) is 14.3 Å². The molecular formula is C17H25FN2O2. The standard InChI is InChI=1S/C17H25FN2O2/c1-16(2)11-20(12-17(16,3)22)15(21)10-19(4)9-13-5-7-14(18)8-6-13/h5-8,22H,9-12H2,1-4H3. The molecule has 0 saturated carbocycles. The third-order valence-corrected chi connectivity index (χ3v) is 4.67. The zero-order valence-corrected chi connectivity index (χ0v) is 13.8. The Bertz CT molecular complexity index is 524. The van der Waals surface area contributed by atoms with Gasteiger partial charge in [-0.05, 0) is 31.7 Å². The van der Waals surface area contributed by atoms with Gasteiger partial charge in [-0.2, -0.15) is 0 Å². The van der Waals surface area contributed by atoms with E-state index in [1.165, 1.54) is 12.1 Å². The summed E-state index contributed by atoms with van der Waals surface area (Å²) in [6, 6.07) is 6.29. The molecule has 4 nitrogen and oxygen atoms in total. The fourth-order valence-electron chi connectivity index (χ4n) is 2.75. The summed E-state index contributed by atoms with van der Waals surface area (Å²) in [6.07, 6.45) is 0. The number of β-amino-alcohol motifs (C(OH)–C–C–N with tert-alkyl or cyclic N) is 1. The fourth-order valence-corrected chi connectivity index (χ4v) is 2.75. The van der Waals surface area contributed by atoms with Gasteiger partial charge in [0.1, 0.15) is 5.82 Å². The van der Waals surface area contributed by atoms with Gasteiger partial charge in [0.2, 0.25) is 5.91 Å². The van der Waals surface area contributed by atoms with Gasteiger partial charge in [-0.3, -0.25) is 9.69 Å². The highest BCUT2D eigenvalue weighted by Crippen LogP contribution is 2.38. The van der Waals surface area contributed by atoms with Crippen LogP contribution in [0.2, 0.25) is 0 Å². The molecule has 22 heavy (non-hydrogen) atoms. The normalized spacial score (nSPS) is 24.0. The molecule has 1 aliphatic rings. The SMILES string of the molecule is CN(CC(=O)N1CC(C)(C)C(C)(O)C1)Cc1ccc(F)cc1. The van der Waals surface area contributed by atoms with Crippen LogP contribution in [0.25, 0.3) is 0 Å². The number of nitrogens with zero attached hydrogens (tertiary/aromatic N) is 2. The minimum Gasteiger partial charge on any atom is -0.388 e. The van der Waals surface area contributed by atoms with Gasteiger partial charge in [0, 0.05) is 25.0 Å². The van der Waals surface area contributed by atoms with Gasteiger partial charge in [-0.15, -0.1) is 0 Å². The number of rotatable bonds is 4. The first-order valence-corrected chi connectivity index (χ1v) is 7.54. The molecule has 1 fully saturated rings. The van der Waals surface area contributed by atoms with Crippen molar-refractivity contribution in [2.45, 2.75) is 32.9 Å². The Kier molecular flexibility index (Phi) is 4.59. The Morgan fingerprint density at radius 3 is 2.36 bits per heavy atom. The Balaban J connectivity index is 1.91. The number of likely N-dealkylation sites (N-methyl/N-ethyl adjacent to an activating group) is 1. The summed E-state index contributed by atoms with van der Waals surface area (Å²) < 4.78 is 12.9. The van der Waals surface area contributed by atoms with Crippen LogP contribution in [-0.2, 0) is 11.3 Å². The second-order valence-electron chi connectivity index (χ2n) is 7.21. The number of carbonyl (C=O) groups is 1. The molecule has 1 heterocycles. The maximum atomic E-state index is 12.9. The van der Waals surface area contributed by atoms with Crippen molar-refractivity contribution in [3.8, 4) is 0 Å². The molecule has 0 aliphatic carbocycles. The molecule has 0 spiro atoms. The molecule has 1 atom stereocenters. The molecule has 1 aromatic carbocycles. The van der Waals surface area contributed by atoms with Gasteiger partial charge in [-0.1, -0.05) is 26.0 Å². The largest absolute Gasteiger partial charge is 0.388 e. The van der Waals surface area contributed by atoms with Gasteiger partial charge in [0.15, 0.2) is 0 Å². The van der Waals surface area contributed by atoms with Gasteiger partial charge in [0.25, 0.3) is 0 Å². The van der Waals surface area contributed by atoms with E-state index in [0.717, 1.165) is 5.56 Å². The lowest BCUT2D eigenvalue weighted by Gasteiger charge is -2.30. The molecule has 0 aromatic heterocycles. The van der Waals surface area contributed by atoms with E-state index in [4.69, 9.17) is 0 Å². The van der Waals surface area contributed by atoms with E-state index in [1.54, 1.807) is 24.0 Å². The summed E-state index contributed by atoms with van der Waals surface area (Å²) in [5.41, 5.74) is -0.207. The Morgan fingerprint density at radius 1 is 1.27 bits per heavy atom. The lowest BCUT2D eigenvalue weighted by Crippen LogP contribution is -2.41. The lowest BCUT2D eigenvalue weighted by molar-refractivity contribution is -0.132. The number of amides is 1. The fraction of sp³-hybridized carbons (Fsp3) is 0.588. The molecule has 122 valence electrons. The predicted octanol–water partition coefficient (Wildman–Crippen LogP) is 1.88. The predicted molar refractivity (Wildman–Crippen MR) is 83.7 cm³/mol. The Labute approximate surface area is 131 Å². The van der Waals surface area contributed by atoms with Crippen molar-refractivity contribution in [1.29, 1.82) is 0 Å². The van der Waals surface area contributed by atoms with Crippen LogP contribution in [0.4, 0.5) is 4.39 Å². The first-order chi connectivity index (χ1) is 10.1. The Hall–Kier alpha value is -1.46. The van der Waals surface area contributed by atoms with Crippen molar-refractivity contribution in [2.75, 3.05) is 26.7 Å². The molecule has 1 unspecified atom stereocenters. The van der Waals surface area contributed by atoms with Crippen LogP contribution in [0.15, 0.2) is 24.3 Å². The van der Waals surface area contributed by atoms with Crippen molar-refractivity contribution in [2.24, 2.45) is 5.41 Å². The highest BCUT2D eigenvalue weighted by Gasteiger charge is 2.49. The van der Waals surface area contributed by atoms with E-state index in [2.05, 4.69) is 0 Å². The average molecular weight is 308 g/mol. The van der Waals surface area contributed by atoms with Crippen LogP contribution in [0.1, 0.15) is 26.3 Å². The average Bonchev–Trinajstić information content (AvgIpc) is 2.61. The van der Waals surface area contributed by atoms with Crippen molar-refractivity contribution < 1.29 is 14.3 Å². The third kappa shape index (κ3) is 3.65. The van der Waals surface area contributed by atoms with Gasteiger partial charge >= 0.3 is 0 Å². The maximum absolute atomic E-state index is 12.9. The summed E-state index contributed by atoms with van der Waals surface area (Å²) in [5, 5.41) is 10.4. The van der Waals surface area contributed by atoms with Crippen LogP contribution in [0.5, 0.6) is 0 Å². The highest BCUT2D eigenvalue weighted by atomic mass is 19.1. The van der Waals surface area contributed by atoms with Crippen molar-refractivity contribution >= 4 is 5.91 Å². The van der Waals surface area contributed by atoms with Crippen LogP contribution < -0.4 is 0 Å². The van der Waals surface area contributed by atoms with Crippen LogP contribution in [0.3, 0.4) is 0 Å². The van der Waals surface area contributed by atoms with Crippen LogP contribution in [-0.4, -0.2) is 53.1 Å². The molecule has 0 bridgehead atoms. The van der Waals surface area contributed by atoms with Crippen molar-refractivity contribution in [3.63, 3.8) is 0 Å². The van der Waals surface area contributed by atoms with Crippen LogP contribution in [0, 0.1) is 11.2 Å². The smallest absolute Gasteiger partial charge is 0.236 e. The van der Waals surface area contributed by atoms with Crippen molar-refractivity contribution in [3.05, 3.63) is 35.6 Å². The number of benzene rings is 1. The lowest BCUT2D eigenvalue weighted by atomic mass is 9.79. The number of hydrogen-bond acceptors (Lipinski definition) is 3. The number of likely N-dealkylation sites (tertiary alicyclic amines) is 1. The summed E-state index contributed by atoms with van der Waals surface area (Å²) >= 11 is 0. The van der Waals surface area contributed by atoms with Gasteiger partial charge in [-0.25, -0.2) is 4.39 Å². The summed E-state index contributed by atoms with van der Waals surface area (Å²) in [4.78, 5) is 16.0. The minimum atomic E-state index is -0.863. The second kappa shape index (κ2) is 5.97. The second-order valence-corrected chi connectivity index (χ2v) is 7.21. The maximum Gasteiger partial charge on any atom is 0.236 e. The Morgan fingerprint density at radius 2 is 1.86 bits per heavy atom. The minimum absolute atomic E-state index is 0.00969. The number of carbonyl (C=O) groups excluding carboxylic acids is 1. The van der Waals surface area contributed by atoms with Crippen molar-refractivity contribution in [1.82, 2.24) is 9.80 Å². The summed E-state index contributed by atoms with van der Waals surface area (Å²) in [5.74, 6) is -0.250. The molecule has 1 aliphatic heterocycles. The van der Waals surface area contributed by atoms with E-state index in [0.29, 0.717) is 19.6 Å². The van der Waals surface area contributed by atoms with Crippen LogP contribution >= 0.6 is 0 Å². The molecule has 1 saturated heterocycles. The molecular weight excluding hydrogens is 283 g/mol. The monoisotopic (exact) mass is 308 g/mol. The molecule has 5 heteroatoms. The quantitative estimate of drug-likeness (QED) is 0.923. The topological polar surface area (TPSA) is 43.8 Å². The summed E-state index contributed by atoms with van der Waals surface area (Å²) in [7, 11) is 1.86. The zero-order chi connectivity index (χ0) is 16.5. The van der Waals surface area contributed by atoms with E-state index in [1.807, 2.05) is 25.8 Å². The number of halogens is 1. The first-order valence-electron chi connectivity index (χ1n) is 7.54. The molecule has 1 amide bonds.